The van der Waals surface area contributed by atoms with E-state index in [1.165, 1.54) is 13.2 Å². The van der Waals surface area contributed by atoms with E-state index in [-0.39, 0.29) is 0 Å². The summed E-state index contributed by atoms with van der Waals surface area (Å²) in [6, 6.07) is 15.4. The van der Waals surface area contributed by atoms with Gasteiger partial charge in [-0.15, -0.1) is 0 Å². The minimum absolute atomic E-state index is 0.292. The molecular formula is C24H21BrN4O3. The molecule has 0 saturated carbocycles. The van der Waals surface area contributed by atoms with Crippen molar-refractivity contribution in [2.45, 2.75) is 0 Å². The van der Waals surface area contributed by atoms with Crippen molar-refractivity contribution in [3.05, 3.63) is 70.3 Å². The number of hydrogen-bond acceptors (Lipinski definition) is 5. The SMILES string of the molecule is COc1ccc(Br)c2[nH]cc(C(=O)C(=O)N3CCN(/C(=C\C#N)c4ccccc4)CC3)c12. The number of piperazine rings is 1. The second-order valence-electron chi connectivity index (χ2n) is 7.34. The molecule has 4 rings (SSSR count). The first-order valence-corrected chi connectivity index (χ1v) is 10.9. The van der Waals surface area contributed by atoms with Crippen LogP contribution in [0.25, 0.3) is 16.6 Å². The van der Waals surface area contributed by atoms with Crippen molar-refractivity contribution < 1.29 is 14.3 Å². The average Bonchev–Trinajstić information content (AvgIpc) is 3.29. The third-order valence-electron chi connectivity index (χ3n) is 5.58. The van der Waals surface area contributed by atoms with Crippen LogP contribution in [0.15, 0.2) is 59.2 Å². The number of carbonyl (C=O) groups excluding carboxylic acids is 2. The van der Waals surface area contributed by atoms with E-state index < -0.39 is 11.7 Å². The highest BCUT2D eigenvalue weighted by atomic mass is 79.9. The topological polar surface area (TPSA) is 89.4 Å². The Hall–Kier alpha value is -3.57. The summed E-state index contributed by atoms with van der Waals surface area (Å²) in [5.41, 5.74) is 2.76. The van der Waals surface area contributed by atoms with Gasteiger partial charge in [0.1, 0.15) is 5.75 Å². The van der Waals surface area contributed by atoms with Crippen molar-refractivity contribution in [3.63, 3.8) is 0 Å². The van der Waals surface area contributed by atoms with Crippen molar-refractivity contribution in [3.8, 4) is 11.8 Å². The van der Waals surface area contributed by atoms with E-state index in [9.17, 15) is 14.9 Å². The lowest BCUT2D eigenvalue weighted by molar-refractivity contribution is -0.127. The van der Waals surface area contributed by atoms with Crippen LogP contribution in [0.5, 0.6) is 5.75 Å². The Morgan fingerprint density at radius 3 is 2.44 bits per heavy atom. The van der Waals surface area contributed by atoms with Crippen molar-refractivity contribution in [2.24, 2.45) is 0 Å². The molecule has 1 N–H and O–H groups in total. The van der Waals surface area contributed by atoms with Crippen molar-refractivity contribution >= 4 is 44.2 Å². The molecule has 8 heteroatoms. The monoisotopic (exact) mass is 492 g/mol. The van der Waals surface area contributed by atoms with E-state index in [0.717, 1.165) is 15.7 Å². The molecule has 3 aromatic rings. The van der Waals surface area contributed by atoms with Crippen molar-refractivity contribution in [1.29, 1.82) is 5.26 Å². The van der Waals surface area contributed by atoms with Crippen LogP contribution in [-0.2, 0) is 4.79 Å². The van der Waals surface area contributed by atoms with Crippen LogP contribution in [0.4, 0.5) is 0 Å². The lowest BCUT2D eigenvalue weighted by atomic mass is 10.1. The zero-order valence-corrected chi connectivity index (χ0v) is 19.1. The summed E-state index contributed by atoms with van der Waals surface area (Å²) >= 11 is 3.46. The van der Waals surface area contributed by atoms with Crippen LogP contribution < -0.4 is 4.74 Å². The van der Waals surface area contributed by atoms with Gasteiger partial charge < -0.3 is 19.5 Å². The summed E-state index contributed by atoms with van der Waals surface area (Å²) in [5.74, 6) is -0.588. The van der Waals surface area contributed by atoms with Gasteiger partial charge >= 0.3 is 0 Å². The number of nitrogens with zero attached hydrogens (tertiary/aromatic N) is 3. The van der Waals surface area contributed by atoms with E-state index in [1.807, 2.05) is 36.4 Å². The lowest BCUT2D eigenvalue weighted by Crippen LogP contribution is -2.49. The quantitative estimate of drug-likeness (QED) is 0.332. The zero-order valence-electron chi connectivity index (χ0n) is 17.5. The van der Waals surface area contributed by atoms with Gasteiger partial charge in [0, 0.05) is 42.9 Å². The zero-order chi connectivity index (χ0) is 22.7. The molecule has 0 aliphatic carbocycles. The lowest BCUT2D eigenvalue weighted by Gasteiger charge is -2.37. The van der Waals surface area contributed by atoms with Crippen LogP contribution in [0.2, 0.25) is 0 Å². The second-order valence-corrected chi connectivity index (χ2v) is 8.19. The molecule has 1 saturated heterocycles. The average molecular weight is 493 g/mol. The van der Waals surface area contributed by atoms with Crippen LogP contribution in [0, 0.1) is 11.3 Å². The van der Waals surface area contributed by atoms with Gasteiger partial charge in [0.15, 0.2) is 0 Å². The fourth-order valence-corrected chi connectivity index (χ4v) is 4.41. The predicted octanol–water partition coefficient (Wildman–Crippen LogP) is 3.83. The first-order valence-electron chi connectivity index (χ1n) is 10.1. The summed E-state index contributed by atoms with van der Waals surface area (Å²) < 4.78 is 6.19. The fourth-order valence-electron chi connectivity index (χ4n) is 3.97. The van der Waals surface area contributed by atoms with Crippen molar-refractivity contribution in [2.75, 3.05) is 33.3 Å². The van der Waals surface area contributed by atoms with Crippen molar-refractivity contribution in [1.82, 2.24) is 14.8 Å². The number of H-pyrrole nitrogens is 1. The third kappa shape index (κ3) is 3.99. The Bertz CT molecular complexity index is 1240. The summed E-state index contributed by atoms with van der Waals surface area (Å²) in [6.07, 6.45) is 3.08. The van der Waals surface area contributed by atoms with Gasteiger partial charge in [-0.1, -0.05) is 30.3 Å². The van der Waals surface area contributed by atoms with Crippen LogP contribution in [-0.4, -0.2) is 59.8 Å². The molecule has 0 bridgehead atoms. The molecule has 1 aliphatic heterocycles. The molecule has 2 heterocycles. The molecule has 162 valence electrons. The minimum atomic E-state index is -0.572. The number of hydrogen-bond donors (Lipinski definition) is 1. The molecule has 7 nitrogen and oxygen atoms in total. The number of aromatic amines is 1. The maximum absolute atomic E-state index is 13.1. The number of aromatic nitrogens is 1. The second kappa shape index (κ2) is 9.28. The Morgan fingerprint density at radius 2 is 1.78 bits per heavy atom. The number of methoxy groups -OCH3 is 1. The molecule has 32 heavy (non-hydrogen) atoms. The van der Waals surface area contributed by atoms with Gasteiger partial charge in [0.25, 0.3) is 11.7 Å². The molecular weight excluding hydrogens is 472 g/mol. The van der Waals surface area contributed by atoms with E-state index >= 15 is 0 Å². The Kier molecular flexibility index (Phi) is 6.28. The van der Waals surface area contributed by atoms with Gasteiger partial charge in [0.05, 0.1) is 35.3 Å². The van der Waals surface area contributed by atoms with Crippen LogP contribution in [0.1, 0.15) is 15.9 Å². The molecule has 0 spiro atoms. The van der Waals surface area contributed by atoms with Gasteiger partial charge in [-0.25, -0.2) is 0 Å². The first kappa shape index (κ1) is 21.7. The molecule has 0 atom stereocenters. The standard InChI is InChI=1S/C24H21BrN4O3/c1-32-20-8-7-18(25)22-21(20)17(15-27-22)23(30)24(31)29-13-11-28(12-14-29)19(9-10-26)16-5-3-2-4-6-16/h2-9,15,27H,11-14H2,1H3/b19-9-. The molecule has 0 radical (unpaired) electrons. The maximum atomic E-state index is 13.1. The van der Waals surface area contributed by atoms with Gasteiger partial charge in [-0.05, 0) is 33.6 Å². The molecule has 1 aliphatic rings. The number of nitrogens with one attached hydrogen (secondary N) is 1. The van der Waals surface area contributed by atoms with E-state index in [1.54, 1.807) is 17.2 Å². The van der Waals surface area contributed by atoms with Gasteiger partial charge in [-0.2, -0.15) is 5.26 Å². The summed E-state index contributed by atoms with van der Waals surface area (Å²) in [7, 11) is 1.53. The van der Waals surface area contributed by atoms with E-state index in [0.29, 0.717) is 48.4 Å². The number of ether oxygens (including phenoxy) is 1. The number of benzene rings is 2. The van der Waals surface area contributed by atoms with Crippen LogP contribution in [0.3, 0.4) is 0 Å². The smallest absolute Gasteiger partial charge is 0.295 e. The molecule has 0 unspecified atom stereocenters. The Labute approximate surface area is 194 Å². The normalized spacial score (nSPS) is 14.3. The third-order valence-corrected chi connectivity index (χ3v) is 6.24. The number of allylic oxidation sites excluding steroid dienone is 1. The van der Waals surface area contributed by atoms with E-state index in [4.69, 9.17) is 4.74 Å². The summed E-state index contributed by atoms with van der Waals surface area (Å²) in [6.45, 7) is 1.85. The van der Waals surface area contributed by atoms with Gasteiger partial charge in [0.2, 0.25) is 0 Å². The van der Waals surface area contributed by atoms with Crippen LogP contribution >= 0.6 is 15.9 Å². The number of rotatable bonds is 5. The maximum Gasteiger partial charge on any atom is 0.295 e. The highest BCUT2D eigenvalue weighted by Gasteiger charge is 2.30. The van der Waals surface area contributed by atoms with Gasteiger partial charge in [-0.3, -0.25) is 9.59 Å². The number of fused-ring (bicyclic) bond motifs is 1. The molecule has 2 aromatic carbocycles. The summed E-state index contributed by atoms with van der Waals surface area (Å²) in [5, 5.41) is 9.80. The Balaban J connectivity index is 1.51. The number of nitriles is 1. The largest absolute Gasteiger partial charge is 0.496 e. The molecule has 1 aromatic heterocycles. The minimum Gasteiger partial charge on any atom is -0.496 e. The molecule has 1 amide bonds. The predicted molar refractivity (Wildman–Crippen MR) is 125 cm³/mol. The fraction of sp³-hybridized carbons (Fsp3) is 0.208. The number of amides is 1. The number of Topliss-reactive ketones (excluding diaryl/α,β-unsaturated/α-hetero) is 1. The summed E-state index contributed by atoms with van der Waals surface area (Å²) in [4.78, 5) is 32.8. The number of ketones is 1. The van der Waals surface area contributed by atoms with E-state index in [2.05, 4.69) is 31.9 Å². The highest BCUT2D eigenvalue weighted by Crippen LogP contribution is 2.34. The number of halogens is 1. The Morgan fingerprint density at radius 1 is 1.09 bits per heavy atom. The number of carbonyl (C=O) groups is 2. The highest BCUT2D eigenvalue weighted by molar-refractivity contribution is 9.10. The molecule has 1 fully saturated rings. The first-order chi connectivity index (χ1) is 15.5.